The molecule has 2 N–H and O–H groups in total. The third-order valence-electron chi connectivity index (χ3n) is 4.74. The number of hydrogen-bond acceptors (Lipinski definition) is 4. The quantitative estimate of drug-likeness (QED) is 0.613. The Bertz CT molecular complexity index is 934. The molecule has 1 atom stereocenters. The van der Waals surface area contributed by atoms with Crippen LogP contribution in [0, 0.1) is 0 Å². The third kappa shape index (κ3) is 5.45. The Kier molecular flexibility index (Phi) is 6.67. The van der Waals surface area contributed by atoms with Gasteiger partial charge in [-0.1, -0.05) is 68.4 Å². The van der Waals surface area contributed by atoms with Gasteiger partial charge in [-0.3, -0.25) is 4.79 Å². The lowest BCUT2D eigenvalue weighted by Crippen LogP contribution is -2.28. The molecular weight excluding hydrogens is 366 g/mol. The van der Waals surface area contributed by atoms with Crippen molar-refractivity contribution in [3.8, 4) is 5.88 Å². The molecule has 0 bridgehead atoms. The minimum atomic E-state index is -0.780. The zero-order valence-electron chi connectivity index (χ0n) is 17.0. The van der Waals surface area contributed by atoms with E-state index in [4.69, 9.17) is 4.74 Å². The molecule has 6 nitrogen and oxygen atoms in total. The molecule has 1 unspecified atom stereocenters. The lowest BCUT2D eigenvalue weighted by atomic mass is 10.00. The van der Waals surface area contributed by atoms with Crippen molar-refractivity contribution in [3.63, 3.8) is 0 Å². The largest absolute Gasteiger partial charge is 0.473 e. The van der Waals surface area contributed by atoms with Gasteiger partial charge in [0.15, 0.2) is 5.69 Å². The van der Waals surface area contributed by atoms with Gasteiger partial charge in [-0.2, -0.15) is 5.10 Å². The van der Waals surface area contributed by atoms with Crippen molar-refractivity contribution in [2.75, 3.05) is 6.54 Å². The van der Waals surface area contributed by atoms with Crippen LogP contribution in [0.2, 0.25) is 0 Å². The highest BCUT2D eigenvalue weighted by atomic mass is 16.5. The number of hydrogen-bond donors (Lipinski definition) is 2. The summed E-state index contributed by atoms with van der Waals surface area (Å²) in [6.07, 6.45) is -0.780. The lowest BCUT2D eigenvalue weighted by molar-refractivity contribution is 0.0910. The SMILES string of the molecule is CC(C)c1ccc(C(O)CNC(=O)c2cc(OCc3ccccc3)n(C)n2)cc1. The standard InChI is InChI=1S/C23H27N3O3/c1-16(2)18-9-11-19(12-10-18)21(27)14-24-23(28)20-13-22(26(3)25-20)29-15-17-7-5-4-6-8-17/h4-13,16,21,27H,14-15H2,1-3H3,(H,24,28). The second kappa shape index (κ2) is 9.39. The average Bonchev–Trinajstić information content (AvgIpc) is 3.11. The highest BCUT2D eigenvalue weighted by Gasteiger charge is 2.16. The number of nitrogens with zero attached hydrogens (tertiary/aromatic N) is 2. The van der Waals surface area contributed by atoms with Crippen LogP contribution in [0.15, 0.2) is 60.7 Å². The first-order chi connectivity index (χ1) is 13.9. The fraction of sp³-hybridized carbons (Fsp3) is 0.304. The maximum absolute atomic E-state index is 12.4. The summed E-state index contributed by atoms with van der Waals surface area (Å²) in [5.41, 5.74) is 3.26. The van der Waals surface area contributed by atoms with Gasteiger partial charge in [0, 0.05) is 19.7 Å². The van der Waals surface area contributed by atoms with Gasteiger partial charge in [-0.05, 0) is 22.6 Å². The molecule has 0 fully saturated rings. The molecule has 152 valence electrons. The highest BCUT2D eigenvalue weighted by Crippen LogP contribution is 2.19. The number of rotatable bonds is 8. The van der Waals surface area contributed by atoms with Crippen LogP contribution in [0.4, 0.5) is 0 Å². The Hall–Kier alpha value is -3.12. The number of nitrogens with one attached hydrogen (secondary N) is 1. The molecule has 3 aromatic rings. The normalized spacial score (nSPS) is 12.0. The Labute approximate surface area is 171 Å². The maximum atomic E-state index is 12.4. The van der Waals surface area contributed by atoms with Gasteiger partial charge in [0.05, 0.1) is 6.10 Å². The summed E-state index contributed by atoms with van der Waals surface area (Å²) in [6, 6.07) is 19.2. The van der Waals surface area contributed by atoms with Crippen LogP contribution >= 0.6 is 0 Å². The van der Waals surface area contributed by atoms with Crippen LogP contribution in [0.5, 0.6) is 5.88 Å². The molecule has 0 spiro atoms. The first-order valence-corrected chi connectivity index (χ1v) is 9.71. The van der Waals surface area contributed by atoms with Crippen LogP contribution < -0.4 is 10.1 Å². The number of aromatic nitrogens is 2. The molecular formula is C23H27N3O3. The summed E-state index contributed by atoms with van der Waals surface area (Å²) in [5.74, 6) is 0.584. The van der Waals surface area contributed by atoms with Crippen LogP contribution in [-0.4, -0.2) is 27.3 Å². The minimum absolute atomic E-state index is 0.108. The molecule has 3 rings (SSSR count). The van der Waals surface area contributed by atoms with Gasteiger partial charge in [-0.25, -0.2) is 4.68 Å². The number of amides is 1. The number of ether oxygens (including phenoxy) is 1. The zero-order chi connectivity index (χ0) is 20.8. The summed E-state index contributed by atoms with van der Waals surface area (Å²) in [4.78, 5) is 12.4. The molecule has 0 saturated carbocycles. The molecule has 1 amide bonds. The van der Waals surface area contributed by atoms with Crippen molar-refractivity contribution in [3.05, 3.63) is 83.0 Å². The number of aryl methyl sites for hydroxylation is 1. The number of benzene rings is 2. The summed E-state index contributed by atoms with van der Waals surface area (Å²) < 4.78 is 7.28. The van der Waals surface area contributed by atoms with Gasteiger partial charge in [-0.15, -0.1) is 0 Å². The van der Waals surface area contributed by atoms with Crippen molar-refractivity contribution >= 4 is 5.91 Å². The van der Waals surface area contributed by atoms with Crippen molar-refractivity contribution in [1.29, 1.82) is 0 Å². The smallest absolute Gasteiger partial charge is 0.272 e. The minimum Gasteiger partial charge on any atom is -0.473 e. The zero-order valence-corrected chi connectivity index (χ0v) is 17.0. The van der Waals surface area contributed by atoms with Crippen molar-refractivity contribution in [2.45, 2.75) is 32.5 Å². The summed E-state index contributed by atoms with van der Waals surface area (Å²) in [5, 5.41) is 17.3. The summed E-state index contributed by atoms with van der Waals surface area (Å²) in [6.45, 7) is 4.75. The third-order valence-corrected chi connectivity index (χ3v) is 4.74. The molecule has 29 heavy (non-hydrogen) atoms. The average molecular weight is 393 g/mol. The van der Waals surface area contributed by atoms with Crippen molar-refractivity contribution < 1.29 is 14.6 Å². The number of carbonyl (C=O) groups is 1. The van der Waals surface area contributed by atoms with E-state index < -0.39 is 6.10 Å². The molecule has 0 aliphatic rings. The van der Waals surface area contributed by atoms with E-state index in [9.17, 15) is 9.90 Å². The Balaban J connectivity index is 1.55. The number of aliphatic hydroxyl groups is 1. The topological polar surface area (TPSA) is 76.4 Å². The van der Waals surface area contributed by atoms with Crippen molar-refractivity contribution in [2.24, 2.45) is 7.05 Å². The first kappa shape index (κ1) is 20.6. The Morgan fingerprint density at radius 2 is 1.76 bits per heavy atom. The van der Waals surface area contributed by atoms with E-state index in [2.05, 4.69) is 24.3 Å². The van der Waals surface area contributed by atoms with Crippen LogP contribution in [0.3, 0.4) is 0 Å². The lowest BCUT2D eigenvalue weighted by Gasteiger charge is -2.13. The van der Waals surface area contributed by atoms with E-state index in [1.54, 1.807) is 13.1 Å². The molecule has 0 radical (unpaired) electrons. The molecule has 1 aromatic heterocycles. The molecule has 1 heterocycles. The predicted molar refractivity (Wildman–Crippen MR) is 112 cm³/mol. The van der Waals surface area contributed by atoms with Crippen LogP contribution in [0.1, 0.15) is 53.0 Å². The second-order valence-electron chi connectivity index (χ2n) is 7.31. The van der Waals surface area contributed by atoms with E-state index in [0.717, 1.165) is 11.1 Å². The van der Waals surface area contributed by atoms with Gasteiger partial charge in [0.2, 0.25) is 5.88 Å². The molecule has 0 aliphatic carbocycles. The first-order valence-electron chi connectivity index (χ1n) is 9.71. The van der Waals surface area contributed by atoms with Crippen molar-refractivity contribution in [1.82, 2.24) is 15.1 Å². The molecule has 0 saturated heterocycles. The summed E-state index contributed by atoms with van der Waals surface area (Å²) >= 11 is 0. The molecule has 2 aromatic carbocycles. The van der Waals surface area contributed by atoms with Crippen LogP contribution in [-0.2, 0) is 13.7 Å². The fourth-order valence-electron chi connectivity index (χ4n) is 2.93. The summed E-state index contributed by atoms with van der Waals surface area (Å²) in [7, 11) is 1.72. The maximum Gasteiger partial charge on any atom is 0.272 e. The second-order valence-corrected chi connectivity index (χ2v) is 7.31. The van der Waals surface area contributed by atoms with Gasteiger partial charge < -0.3 is 15.2 Å². The molecule has 6 heteroatoms. The van der Waals surface area contributed by atoms with Gasteiger partial charge >= 0.3 is 0 Å². The Morgan fingerprint density at radius 3 is 2.41 bits per heavy atom. The Morgan fingerprint density at radius 1 is 1.10 bits per heavy atom. The molecule has 0 aliphatic heterocycles. The predicted octanol–water partition coefficient (Wildman–Crippen LogP) is 3.59. The number of aliphatic hydroxyl groups excluding tert-OH is 1. The van der Waals surface area contributed by atoms with E-state index in [-0.39, 0.29) is 18.1 Å². The van der Waals surface area contributed by atoms with Gasteiger partial charge in [0.1, 0.15) is 6.61 Å². The fourth-order valence-corrected chi connectivity index (χ4v) is 2.93. The van der Waals surface area contributed by atoms with E-state index >= 15 is 0 Å². The number of carbonyl (C=O) groups excluding carboxylic acids is 1. The van der Waals surface area contributed by atoms with E-state index in [1.807, 2.05) is 54.6 Å². The highest BCUT2D eigenvalue weighted by molar-refractivity contribution is 5.92. The van der Waals surface area contributed by atoms with Crippen LogP contribution in [0.25, 0.3) is 0 Å². The van der Waals surface area contributed by atoms with E-state index in [1.165, 1.54) is 10.2 Å². The monoisotopic (exact) mass is 393 g/mol. The van der Waals surface area contributed by atoms with Gasteiger partial charge in [0.25, 0.3) is 5.91 Å². The van der Waals surface area contributed by atoms with E-state index in [0.29, 0.717) is 18.4 Å².